The highest BCUT2D eigenvalue weighted by Crippen LogP contribution is 2.31. The summed E-state index contributed by atoms with van der Waals surface area (Å²) in [5.41, 5.74) is 9.34. The van der Waals surface area contributed by atoms with Gasteiger partial charge in [-0.25, -0.2) is 4.98 Å². The summed E-state index contributed by atoms with van der Waals surface area (Å²) in [6.07, 6.45) is 0. The summed E-state index contributed by atoms with van der Waals surface area (Å²) >= 11 is 0. The Hall–Kier alpha value is -2.86. The van der Waals surface area contributed by atoms with Gasteiger partial charge < -0.3 is 15.2 Å². The molecule has 3 N–H and O–H groups in total. The molecule has 1 heterocycles. The zero-order valence-corrected chi connectivity index (χ0v) is 14.6. The zero-order valence-electron chi connectivity index (χ0n) is 14.6. The Morgan fingerprint density at radius 3 is 2.72 bits per heavy atom. The van der Waals surface area contributed by atoms with Crippen LogP contribution in [0.5, 0.6) is 11.5 Å². The van der Waals surface area contributed by atoms with E-state index in [0.29, 0.717) is 29.8 Å². The average molecular weight is 338 g/mol. The lowest BCUT2D eigenvalue weighted by molar-refractivity contribution is 0.310. The number of benzene rings is 2. The largest absolute Gasteiger partial charge is 0.493 e. The summed E-state index contributed by atoms with van der Waals surface area (Å²) in [4.78, 5) is 4.55. The Balaban J connectivity index is 1.87. The van der Waals surface area contributed by atoms with Crippen molar-refractivity contribution in [2.45, 2.75) is 19.9 Å². The van der Waals surface area contributed by atoms with Gasteiger partial charge in [0.25, 0.3) is 0 Å². The molecule has 3 rings (SSSR count). The third kappa shape index (κ3) is 3.64. The average Bonchev–Trinajstić information content (AvgIpc) is 3.12. The van der Waals surface area contributed by atoms with Crippen molar-refractivity contribution < 1.29 is 9.47 Å². The normalized spacial score (nSPS) is 12.0. The first-order chi connectivity index (χ1) is 12.1. The Kier molecular flexibility index (Phi) is 5.00. The first kappa shape index (κ1) is 17.0. The molecule has 3 aromatic rings. The number of ether oxygens (including phenoxy) is 2. The molecule has 0 aliphatic carbocycles. The van der Waals surface area contributed by atoms with E-state index < -0.39 is 6.04 Å². The summed E-state index contributed by atoms with van der Waals surface area (Å²) in [7, 11) is 1.61. The maximum absolute atomic E-state index is 6.36. The fraction of sp³-hybridized carbons (Fsp3) is 0.263. The summed E-state index contributed by atoms with van der Waals surface area (Å²) in [6, 6.07) is 13.2. The van der Waals surface area contributed by atoms with Crippen LogP contribution in [-0.4, -0.2) is 28.9 Å². The van der Waals surface area contributed by atoms with Gasteiger partial charge >= 0.3 is 0 Å². The number of aromatic nitrogens is 3. The number of hydrogen-bond acceptors (Lipinski definition) is 5. The first-order valence-corrected chi connectivity index (χ1v) is 8.18. The van der Waals surface area contributed by atoms with Crippen LogP contribution < -0.4 is 15.2 Å². The van der Waals surface area contributed by atoms with E-state index >= 15 is 0 Å². The van der Waals surface area contributed by atoms with Gasteiger partial charge in [-0.05, 0) is 37.6 Å². The molecule has 0 aliphatic heterocycles. The topological polar surface area (TPSA) is 86.0 Å². The summed E-state index contributed by atoms with van der Waals surface area (Å²) in [5.74, 6) is 2.57. The van der Waals surface area contributed by atoms with Crippen LogP contribution in [0.4, 0.5) is 0 Å². The highest BCUT2D eigenvalue weighted by atomic mass is 16.5. The lowest BCUT2D eigenvalue weighted by Crippen LogP contribution is -2.14. The van der Waals surface area contributed by atoms with Crippen LogP contribution >= 0.6 is 0 Å². The van der Waals surface area contributed by atoms with E-state index in [9.17, 15) is 0 Å². The third-order valence-electron chi connectivity index (χ3n) is 3.92. The fourth-order valence-electron chi connectivity index (χ4n) is 2.64. The number of nitrogens with one attached hydrogen (secondary N) is 1. The van der Waals surface area contributed by atoms with Crippen molar-refractivity contribution in [3.63, 3.8) is 0 Å². The highest BCUT2D eigenvalue weighted by Gasteiger charge is 2.17. The Bertz CT molecular complexity index is 860. The Morgan fingerprint density at radius 2 is 2.00 bits per heavy atom. The zero-order chi connectivity index (χ0) is 17.8. The molecule has 2 aromatic carbocycles. The second-order valence-electron chi connectivity index (χ2n) is 5.73. The molecule has 0 aliphatic rings. The van der Waals surface area contributed by atoms with Crippen molar-refractivity contribution in [2.75, 3.05) is 13.7 Å². The molecule has 25 heavy (non-hydrogen) atoms. The summed E-state index contributed by atoms with van der Waals surface area (Å²) in [5, 5.41) is 7.23. The molecule has 0 radical (unpaired) electrons. The van der Waals surface area contributed by atoms with Crippen LogP contribution in [0.3, 0.4) is 0 Å². The lowest BCUT2D eigenvalue weighted by atomic mass is 10.1. The SMILES string of the molecule is CCOc1ccc([C@@H](N)c2nc(-c3cccc(C)c3)n[nH]2)cc1OC. The van der Waals surface area contributed by atoms with Gasteiger partial charge in [-0.2, -0.15) is 5.10 Å². The number of H-pyrrole nitrogens is 1. The molecule has 0 amide bonds. The molecule has 0 saturated carbocycles. The Morgan fingerprint density at radius 1 is 1.16 bits per heavy atom. The van der Waals surface area contributed by atoms with Crippen molar-refractivity contribution in [3.05, 3.63) is 59.4 Å². The smallest absolute Gasteiger partial charge is 0.181 e. The molecule has 0 spiro atoms. The minimum absolute atomic E-state index is 0.435. The molecule has 0 bridgehead atoms. The van der Waals surface area contributed by atoms with Crippen molar-refractivity contribution >= 4 is 0 Å². The predicted molar refractivity (Wildman–Crippen MR) is 96.7 cm³/mol. The third-order valence-corrected chi connectivity index (χ3v) is 3.92. The standard InChI is InChI=1S/C19H22N4O2/c1-4-25-15-9-8-13(11-16(15)24-3)17(20)19-21-18(22-23-19)14-7-5-6-12(2)10-14/h5-11,17H,4,20H2,1-3H3,(H,21,22,23)/t17-/m1/s1. The van der Waals surface area contributed by atoms with Gasteiger partial charge in [0.1, 0.15) is 5.82 Å². The molecule has 6 nitrogen and oxygen atoms in total. The number of rotatable bonds is 6. The number of methoxy groups -OCH3 is 1. The van der Waals surface area contributed by atoms with Crippen LogP contribution in [0.15, 0.2) is 42.5 Å². The monoisotopic (exact) mass is 338 g/mol. The summed E-state index contributed by atoms with van der Waals surface area (Å²) < 4.78 is 10.9. The van der Waals surface area contributed by atoms with Gasteiger partial charge in [0, 0.05) is 5.56 Å². The number of aromatic amines is 1. The van der Waals surface area contributed by atoms with Gasteiger partial charge in [-0.3, -0.25) is 5.10 Å². The van der Waals surface area contributed by atoms with E-state index in [-0.39, 0.29) is 0 Å². The minimum Gasteiger partial charge on any atom is -0.493 e. The van der Waals surface area contributed by atoms with E-state index in [1.54, 1.807) is 7.11 Å². The minimum atomic E-state index is -0.435. The van der Waals surface area contributed by atoms with E-state index in [1.165, 1.54) is 0 Å². The van der Waals surface area contributed by atoms with Crippen LogP contribution in [0.1, 0.15) is 29.9 Å². The molecular formula is C19H22N4O2. The lowest BCUT2D eigenvalue weighted by Gasteiger charge is -2.13. The first-order valence-electron chi connectivity index (χ1n) is 8.18. The van der Waals surface area contributed by atoms with Crippen molar-refractivity contribution in [3.8, 4) is 22.9 Å². The summed E-state index contributed by atoms with van der Waals surface area (Å²) in [6.45, 7) is 4.54. The van der Waals surface area contributed by atoms with E-state index in [1.807, 2.05) is 56.3 Å². The molecule has 0 fully saturated rings. The second kappa shape index (κ2) is 7.36. The number of nitrogens with two attached hydrogens (primary N) is 1. The fourth-order valence-corrected chi connectivity index (χ4v) is 2.64. The van der Waals surface area contributed by atoms with Crippen molar-refractivity contribution in [2.24, 2.45) is 5.73 Å². The van der Waals surface area contributed by atoms with Crippen LogP contribution in [0.2, 0.25) is 0 Å². The molecule has 0 unspecified atom stereocenters. The molecule has 130 valence electrons. The molecular weight excluding hydrogens is 316 g/mol. The Labute approximate surface area is 147 Å². The number of nitrogens with zero attached hydrogens (tertiary/aromatic N) is 2. The molecule has 0 saturated heterocycles. The predicted octanol–water partition coefficient (Wildman–Crippen LogP) is 3.24. The number of aryl methyl sites for hydroxylation is 1. The molecule has 1 atom stereocenters. The van der Waals surface area contributed by atoms with Gasteiger partial charge in [0.2, 0.25) is 0 Å². The number of hydrogen-bond donors (Lipinski definition) is 2. The van der Waals surface area contributed by atoms with Crippen molar-refractivity contribution in [1.29, 1.82) is 0 Å². The van der Waals surface area contributed by atoms with E-state index in [4.69, 9.17) is 15.2 Å². The molecule has 1 aromatic heterocycles. The van der Waals surface area contributed by atoms with Crippen LogP contribution in [0, 0.1) is 6.92 Å². The maximum Gasteiger partial charge on any atom is 0.181 e. The van der Waals surface area contributed by atoms with Gasteiger partial charge in [0.15, 0.2) is 17.3 Å². The van der Waals surface area contributed by atoms with Gasteiger partial charge in [-0.1, -0.05) is 29.8 Å². The van der Waals surface area contributed by atoms with Crippen LogP contribution in [-0.2, 0) is 0 Å². The van der Waals surface area contributed by atoms with E-state index in [0.717, 1.165) is 16.7 Å². The van der Waals surface area contributed by atoms with Gasteiger partial charge in [-0.15, -0.1) is 0 Å². The van der Waals surface area contributed by atoms with Gasteiger partial charge in [0.05, 0.1) is 19.8 Å². The van der Waals surface area contributed by atoms with Crippen molar-refractivity contribution in [1.82, 2.24) is 15.2 Å². The van der Waals surface area contributed by atoms with Crippen LogP contribution in [0.25, 0.3) is 11.4 Å². The highest BCUT2D eigenvalue weighted by molar-refractivity contribution is 5.55. The second-order valence-corrected chi connectivity index (χ2v) is 5.73. The van der Waals surface area contributed by atoms with E-state index in [2.05, 4.69) is 15.2 Å². The molecule has 6 heteroatoms. The maximum atomic E-state index is 6.36. The quantitative estimate of drug-likeness (QED) is 0.720.